The summed E-state index contributed by atoms with van der Waals surface area (Å²) < 4.78 is 1.42. The molecule has 0 saturated heterocycles. The van der Waals surface area contributed by atoms with Crippen LogP contribution in [0.2, 0.25) is 0 Å². The molecule has 8 rings (SSSR count). The summed E-state index contributed by atoms with van der Waals surface area (Å²) in [4.78, 5) is 0. The van der Waals surface area contributed by atoms with E-state index < -0.39 is 0 Å². The van der Waals surface area contributed by atoms with E-state index in [1.165, 1.54) is 111 Å². The quantitative estimate of drug-likeness (QED) is 0.167. The van der Waals surface area contributed by atoms with Crippen LogP contribution in [0.4, 0.5) is 0 Å². The molecule has 0 spiro atoms. The number of aryl methyl sites for hydroxylation is 2. The third kappa shape index (κ3) is 8.86. The average molecular weight is 831 g/mol. The van der Waals surface area contributed by atoms with Crippen LogP contribution in [0, 0.1) is 6.08 Å². The Balaban J connectivity index is 0.000000193. The summed E-state index contributed by atoms with van der Waals surface area (Å²) >= 11 is 1.46. The molecule has 0 saturated carbocycles. The zero-order valence-electron chi connectivity index (χ0n) is 34.2. The first-order chi connectivity index (χ1) is 24.5. The van der Waals surface area contributed by atoms with E-state index in [9.17, 15) is 0 Å². The first-order valence-corrected chi connectivity index (χ1v) is 20.4. The molecule has 0 aliphatic heterocycles. The fraction of sp³-hybridized carbons (Fsp3) is 0.333. The summed E-state index contributed by atoms with van der Waals surface area (Å²) in [5, 5.41) is 0. The minimum atomic E-state index is 0. The minimum absolute atomic E-state index is 0. The second kappa shape index (κ2) is 17.0. The van der Waals surface area contributed by atoms with Crippen LogP contribution in [0.15, 0.2) is 103 Å². The van der Waals surface area contributed by atoms with Gasteiger partial charge in [0.1, 0.15) is 0 Å². The molecule has 3 aliphatic carbocycles. The van der Waals surface area contributed by atoms with Crippen molar-refractivity contribution in [1.82, 2.24) is 0 Å². The molecular formula is C51H56Cl2Zr-2. The van der Waals surface area contributed by atoms with E-state index in [0.29, 0.717) is 5.41 Å². The van der Waals surface area contributed by atoms with Crippen molar-refractivity contribution in [2.75, 3.05) is 0 Å². The SMILES string of the molecule is CC1=[C-]C(C)(C)c2cc3c(cc21)-c1cc2c(cc1C3)C(C)(C)C=C2C.CCc1cc(C(C)(C)C)c(CC)[cH-]1.[Cl-].[Cl-].[Zr+2]=[C](c1ccccc1)c1ccccc1. The van der Waals surface area contributed by atoms with Gasteiger partial charge in [-0.05, 0) is 58.4 Å². The second-order valence-corrected chi connectivity index (χ2v) is 18.3. The molecule has 3 aliphatic rings. The number of benzene rings is 4. The summed E-state index contributed by atoms with van der Waals surface area (Å²) in [7, 11) is 0. The summed E-state index contributed by atoms with van der Waals surface area (Å²) in [6, 6.07) is 35.6. The van der Waals surface area contributed by atoms with E-state index in [1.54, 1.807) is 0 Å². The molecule has 5 aromatic rings. The maximum absolute atomic E-state index is 3.65. The van der Waals surface area contributed by atoms with Gasteiger partial charge in [-0.2, -0.15) is 28.3 Å². The average Bonchev–Trinajstić information content (AvgIpc) is 3.83. The summed E-state index contributed by atoms with van der Waals surface area (Å²) in [6.45, 7) is 25.0. The molecule has 0 N–H and O–H groups in total. The zero-order valence-corrected chi connectivity index (χ0v) is 38.2. The molecule has 0 atom stereocenters. The molecule has 54 heavy (non-hydrogen) atoms. The van der Waals surface area contributed by atoms with Crippen LogP contribution in [0.5, 0.6) is 0 Å². The first-order valence-electron chi connectivity index (χ1n) is 19.2. The molecule has 0 nitrogen and oxygen atoms in total. The van der Waals surface area contributed by atoms with E-state index in [-0.39, 0.29) is 35.6 Å². The molecule has 0 fully saturated rings. The van der Waals surface area contributed by atoms with Crippen molar-refractivity contribution in [1.29, 1.82) is 0 Å². The van der Waals surface area contributed by atoms with Gasteiger partial charge in [-0.25, -0.2) is 11.6 Å². The number of allylic oxidation sites excluding steroid dienone is 4. The Kier molecular flexibility index (Phi) is 13.8. The van der Waals surface area contributed by atoms with Crippen molar-refractivity contribution in [2.45, 2.75) is 112 Å². The van der Waals surface area contributed by atoms with Crippen molar-refractivity contribution < 1.29 is 49.0 Å². The fourth-order valence-corrected chi connectivity index (χ4v) is 9.29. The van der Waals surface area contributed by atoms with Gasteiger partial charge in [0.2, 0.25) is 0 Å². The van der Waals surface area contributed by atoms with E-state index in [4.69, 9.17) is 0 Å². The standard InChI is InChI=1S/C25H25.C13H10.C13H21.2ClH.Zr/c1-14-12-24(3,4)22-8-16-7-17-9-23-19(15(2)13-25(23,5)6)11-21(17)20(16)10-18(14)22;1-3-7-12(8-4-1)11-13-9-5-2-6-10-13;1-6-10-8-11(7-2)12(9-10)13(3,4)5;;;/h8-12H,7H2,1-6H3;1-10H;8-9H,6-7H2,1-5H3;2*1H;/q-1;;-1;;;+2/p-2. The van der Waals surface area contributed by atoms with Gasteiger partial charge in [0, 0.05) is 5.41 Å². The summed E-state index contributed by atoms with van der Waals surface area (Å²) in [5.74, 6) is 0. The molecule has 0 radical (unpaired) electrons. The zero-order chi connectivity index (χ0) is 37.6. The van der Waals surface area contributed by atoms with Crippen LogP contribution in [-0.2, 0) is 59.7 Å². The Morgan fingerprint density at radius 2 is 1.22 bits per heavy atom. The van der Waals surface area contributed by atoms with E-state index in [2.05, 4.69) is 185 Å². The molecule has 0 heterocycles. The Morgan fingerprint density at radius 1 is 0.704 bits per heavy atom. The summed E-state index contributed by atoms with van der Waals surface area (Å²) in [5.41, 5.74) is 22.1. The Hall–Kier alpha value is -2.96. The Bertz CT molecular complexity index is 2060. The summed E-state index contributed by atoms with van der Waals surface area (Å²) in [6.07, 6.45) is 9.45. The predicted octanol–water partition coefficient (Wildman–Crippen LogP) is 7.09. The van der Waals surface area contributed by atoms with Gasteiger partial charge < -0.3 is 24.8 Å². The third-order valence-electron chi connectivity index (χ3n) is 11.2. The molecule has 0 unspecified atom stereocenters. The third-order valence-corrected chi connectivity index (χ3v) is 12.6. The van der Waals surface area contributed by atoms with Gasteiger partial charge in [-0.15, -0.1) is 11.6 Å². The molecule has 0 aromatic heterocycles. The molecular weight excluding hydrogens is 775 g/mol. The topological polar surface area (TPSA) is 0 Å². The Labute approximate surface area is 354 Å². The van der Waals surface area contributed by atoms with Gasteiger partial charge in [0.15, 0.2) is 0 Å². The molecule has 280 valence electrons. The van der Waals surface area contributed by atoms with Gasteiger partial charge in [0.05, 0.1) is 0 Å². The monoisotopic (exact) mass is 828 g/mol. The second-order valence-electron chi connectivity index (χ2n) is 17.1. The van der Waals surface area contributed by atoms with Gasteiger partial charge in [-0.1, -0.05) is 111 Å². The number of hydrogen-bond acceptors (Lipinski definition) is 0. The number of fused-ring (bicyclic) bond motifs is 5. The number of rotatable bonds is 4. The molecule has 3 heteroatoms. The van der Waals surface area contributed by atoms with Crippen molar-refractivity contribution in [3.05, 3.63) is 170 Å². The number of hydrogen-bond donors (Lipinski definition) is 0. The van der Waals surface area contributed by atoms with Crippen molar-refractivity contribution >= 4 is 14.4 Å². The normalized spacial score (nSPS) is 15.0. The van der Waals surface area contributed by atoms with E-state index in [1.807, 2.05) is 0 Å². The molecule has 0 bridgehead atoms. The van der Waals surface area contributed by atoms with Crippen LogP contribution < -0.4 is 24.8 Å². The van der Waals surface area contributed by atoms with Crippen molar-refractivity contribution in [2.24, 2.45) is 0 Å². The van der Waals surface area contributed by atoms with Crippen molar-refractivity contribution in [3.63, 3.8) is 0 Å². The van der Waals surface area contributed by atoms with Gasteiger partial charge in [-0.3, -0.25) is 6.08 Å². The molecule has 0 amide bonds. The van der Waals surface area contributed by atoms with Crippen LogP contribution in [-0.4, -0.2) is 3.21 Å². The first kappa shape index (κ1) is 43.8. The van der Waals surface area contributed by atoms with Gasteiger partial charge >= 0.3 is 99.2 Å². The Morgan fingerprint density at radius 3 is 1.70 bits per heavy atom. The van der Waals surface area contributed by atoms with Gasteiger partial charge in [0.25, 0.3) is 0 Å². The maximum atomic E-state index is 3.65. The van der Waals surface area contributed by atoms with E-state index >= 15 is 0 Å². The van der Waals surface area contributed by atoms with Crippen LogP contribution in [0.25, 0.3) is 22.3 Å². The fourth-order valence-electron chi connectivity index (χ4n) is 8.47. The number of halogens is 2. The van der Waals surface area contributed by atoms with Crippen LogP contribution in [0.1, 0.15) is 137 Å². The van der Waals surface area contributed by atoms with E-state index in [0.717, 1.165) is 19.3 Å². The predicted molar refractivity (Wildman–Crippen MR) is 222 cm³/mol. The molecule has 5 aromatic carbocycles. The van der Waals surface area contributed by atoms with Crippen LogP contribution in [0.3, 0.4) is 0 Å². The van der Waals surface area contributed by atoms with Crippen LogP contribution >= 0.6 is 0 Å². The van der Waals surface area contributed by atoms with Crippen molar-refractivity contribution in [3.8, 4) is 11.1 Å².